The summed E-state index contributed by atoms with van der Waals surface area (Å²) < 4.78 is 1.79. The van der Waals surface area contributed by atoms with Crippen molar-refractivity contribution in [3.63, 3.8) is 0 Å². The summed E-state index contributed by atoms with van der Waals surface area (Å²) in [5, 5.41) is 7.33. The minimum absolute atomic E-state index is 0.818. The van der Waals surface area contributed by atoms with Crippen molar-refractivity contribution < 1.29 is 0 Å². The molecule has 0 aliphatic heterocycles. The van der Waals surface area contributed by atoms with E-state index in [1.165, 1.54) is 5.56 Å². The molecule has 72 valence electrons. The van der Waals surface area contributed by atoms with E-state index in [4.69, 9.17) is 11.6 Å². The van der Waals surface area contributed by atoms with Crippen molar-refractivity contribution in [2.75, 3.05) is 6.54 Å². The van der Waals surface area contributed by atoms with Crippen LogP contribution >= 0.6 is 11.6 Å². The standard InChI is InChI=1S/C9H14ClN3/c1-8(3-10)4-11-5-9-6-12-13(2)7-9/h3,6-7,11H,4-5H2,1-2H3. The van der Waals surface area contributed by atoms with Gasteiger partial charge in [-0.1, -0.05) is 11.6 Å². The first-order valence-corrected chi connectivity index (χ1v) is 4.60. The molecule has 4 heteroatoms. The Balaban J connectivity index is 2.28. The van der Waals surface area contributed by atoms with Crippen molar-refractivity contribution in [3.8, 4) is 0 Å². The molecule has 0 saturated heterocycles. The van der Waals surface area contributed by atoms with E-state index in [2.05, 4.69) is 10.4 Å². The third-order valence-electron chi connectivity index (χ3n) is 1.68. The summed E-state index contributed by atoms with van der Waals surface area (Å²) in [5.41, 5.74) is 3.91. The monoisotopic (exact) mass is 199 g/mol. The minimum Gasteiger partial charge on any atom is -0.309 e. The molecule has 1 aromatic heterocycles. The van der Waals surface area contributed by atoms with Crippen LogP contribution in [0.1, 0.15) is 12.5 Å². The lowest BCUT2D eigenvalue weighted by Crippen LogP contribution is -2.14. The van der Waals surface area contributed by atoms with E-state index < -0.39 is 0 Å². The zero-order valence-electron chi connectivity index (χ0n) is 7.92. The number of hydrogen-bond acceptors (Lipinski definition) is 2. The molecular weight excluding hydrogens is 186 g/mol. The van der Waals surface area contributed by atoms with Crippen LogP contribution in [0.5, 0.6) is 0 Å². The van der Waals surface area contributed by atoms with E-state index in [0.29, 0.717) is 0 Å². The molecule has 3 nitrogen and oxygen atoms in total. The Morgan fingerprint density at radius 1 is 1.77 bits per heavy atom. The zero-order chi connectivity index (χ0) is 9.68. The second-order valence-corrected chi connectivity index (χ2v) is 3.30. The lowest BCUT2D eigenvalue weighted by Gasteiger charge is -2.01. The zero-order valence-corrected chi connectivity index (χ0v) is 8.67. The van der Waals surface area contributed by atoms with Crippen molar-refractivity contribution in [2.45, 2.75) is 13.5 Å². The number of rotatable bonds is 4. The predicted molar refractivity (Wildman–Crippen MR) is 54.5 cm³/mol. The molecule has 0 spiro atoms. The average molecular weight is 200 g/mol. The number of nitrogens with one attached hydrogen (secondary N) is 1. The molecule has 1 aromatic rings. The van der Waals surface area contributed by atoms with Crippen LogP contribution in [0.2, 0.25) is 0 Å². The van der Waals surface area contributed by atoms with Gasteiger partial charge < -0.3 is 5.32 Å². The van der Waals surface area contributed by atoms with Crippen LogP contribution in [0.4, 0.5) is 0 Å². The van der Waals surface area contributed by atoms with Gasteiger partial charge in [0.1, 0.15) is 0 Å². The Kier molecular flexibility index (Phi) is 3.99. The largest absolute Gasteiger partial charge is 0.309 e. The van der Waals surface area contributed by atoms with Gasteiger partial charge in [0.2, 0.25) is 0 Å². The average Bonchev–Trinajstić information content (AvgIpc) is 2.51. The summed E-state index contributed by atoms with van der Waals surface area (Å²) in [4.78, 5) is 0. The number of hydrogen-bond donors (Lipinski definition) is 1. The third-order valence-corrected chi connectivity index (χ3v) is 2.05. The molecule has 1 heterocycles. The molecule has 0 bridgehead atoms. The van der Waals surface area contributed by atoms with Gasteiger partial charge in [0.25, 0.3) is 0 Å². The van der Waals surface area contributed by atoms with E-state index in [1.807, 2.05) is 26.4 Å². The molecule has 0 radical (unpaired) electrons. The maximum atomic E-state index is 5.52. The molecule has 0 amide bonds. The Morgan fingerprint density at radius 3 is 3.08 bits per heavy atom. The fraction of sp³-hybridized carbons (Fsp3) is 0.444. The van der Waals surface area contributed by atoms with Crippen LogP contribution in [-0.2, 0) is 13.6 Å². The lowest BCUT2D eigenvalue weighted by atomic mass is 10.3. The molecule has 0 fully saturated rings. The van der Waals surface area contributed by atoms with Crippen LogP contribution in [-0.4, -0.2) is 16.3 Å². The Labute approximate surface area is 83.4 Å². The van der Waals surface area contributed by atoms with E-state index >= 15 is 0 Å². The van der Waals surface area contributed by atoms with Crippen LogP contribution in [0.15, 0.2) is 23.5 Å². The molecule has 0 atom stereocenters. The normalized spacial score (nSPS) is 12.1. The van der Waals surface area contributed by atoms with Gasteiger partial charge in [0, 0.05) is 37.4 Å². The molecule has 0 unspecified atom stereocenters. The second kappa shape index (κ2) is 5.04. The maximum Gasteiger partial charge on any atom is 0.0534 e. The maximum absolute atomic E-state index is 5.52. The van der Waals surface area contributed by atoms with Crippen molar-refractivity contribution in [3.05, 3.63) is 29.1 Å². The van der Waals surface area contributed by atoms with Crippen LogP contribution < -0.4 is 5.32 Å². The summed E-state index contributed by atoms with van der Waals surface area (Å²) in [6.45, 7) is 3.64. The van der Waals surface area contributed by atoms with E-state index in [9.17, 15) is 0 Å². The molecular formula is C9H14ClN3. The van der Waals surface area contributed by atoms with Crippen LogP contribution in [0.25, 0.3) is 0 Å². The van der Waals surface area contributed by atoms with Gasteiger partial charge in [-0.2, -0.15) is 5.10 Å². The smallest absolute Gasteiger partial charge is 0.0534 e. The number of nitrogens with zero attached hydrogens (tertiary/aromatic N) is 2. The number of halogens is 1. The van der Waals surface area contributed by atoms with Gasteiger partial charge in [-0.15, -0.1) is 0 Å². The topological polar surface area (TPSA) is 29.9 Å². The van der Waals surface area contributed by atoms with Gasteiger partial charge in [-0.05, 0) is 12.5 Å². The highest BCUT2D eigenvalue weighted by Gasteiger charge is 1.94. The summed E-state index contributed by atoms with van der Waals surface area (Å²) in [6, 6.07) is 0. The second-order valence-electron chi connectivity index (χ2n) is 3.08. The minimum atomic E-state index is 0.818. The summed E-state index contributed by atoms with van der Waals surface area (Å²) in [5.74, 6) is 0. The van der Waals surface area contributed by atoms with Crippen molar-refractivity contribution in [2.24, 2.45) is 7.05 Å². The molecule has 0 aliphatic carbocycles. The van der Waals surface area contributed by atoms with Gasteiger partial charge in [0.05, 0.1) is 6.20 Å². The highest BCUT2D eigenvalue weighted by molar-refractivity contribution is 6.25. The summed E-state index contributed by atoms with van der Waals surface area (Å²) in [7, 11) is 1.91. The molecule has 1 N–H and O–H groups in total. The predicted octanol–water partition coefficient (Wildman–Crippen LogP) is 1.65. The molecule has 1 rings (SSSR count). The molecule has 0 aromatic carbocycles. The van der Waals surface area contributed by atoms with E-state index in [-0.39, 0.29) is 0 Å². The molecule has 0 aliphatic rings. The quantitative estimate of drug-likeness (QED) is 0.800. The fourth-order valence-corrected chi connectivity index (χ4v) is 1.08. The first-order chi connectivity index (χ1) is 6.22. The van der Waals surface area contributed by atoms with Crippen molar-refractivity contribution >= 4 is 11.6 Å². The highest BCUT2D eigenvalue weighted by atomic mass is 35.5. The molecule has 13 heavy (non-hydrogen) atoms. The van der Waals surface area contributed by atoms with Crippen LogP contribution in [0, 0.1) is 0 Å². The number of aromatic nitrogens is 2. The van der Waals surface area contributed by atoms with Crippen molar-refractivity contribution in [1.82, 2.24) is 15.1 Å². The van der Waals surface area contributed by atoms with Crippen LogP contribution in [0.3, 0.4) is 0 Å². The van der Waals surface area contributed by atoms with Crippen molar-refractivity contribution in [1.29, 1.82) is 0 Å². The number of aryl methyl sites for hydroxylation is 1. The summed E-state index contributed by atoms with van der Waals surface area (Å²) in [6.07, 6.45) is 3.85. The highest BCUT2D eigenvalue weighted by Crippen LogP contribution is 1.97. The first kappa shape index (κ1) is 10.3. The first-order valence-electron chi connectivity index (χ1n) is 4.16. The van der Waals surface area contributed by atoms with Gasteiger partial charge in [-0.3, -0.25) is 4.68 Å². The van der Waals surface area contributed by atoms with Gasteiger partial charge >= 0.3 is 0 Å². The lowest BCUT2D eigenvalue weighted by molar-refractivity contribution is 0.735. The third kappa shape index (κ3) is 3.61. The SMILES string of the molecule is CC(=CCl)CNCc1cnn(C)c1. The molecule has 0 saturated carbocycles. The Bertz CT molecular complexity index is 291. The van der Waals surface area contributed by atoms with E-state index in [0.717, 1.165) is 18.7 Å². The van der Waals surface area contributed by atoms with E-state index in [1.54, 1.807) is 10.2 Å². The fourth-order valence-electron chi connectivity index (χ4n) is 1.01. The van der Waals surface area contributed by atoms with Gasteiger partial charge in [-0.25, -0.2) is 0 Å². The summed E-state index contributed by atoms with van der Waals surface area (Å²) >= 11 is 5.52. The Hall–Kier alpha value is -0.800. The van der Waals surface area contributed by atoms with Gasteiger partial charge in [0.15, 0.2) is 0 Å². The Morgan fingerprint density at radius 2 is 2.54 bits per heavy atom.